The lowest BCUT2D eigenvalue weighted by molar-refractivity contribution is -0.139. The molecule has 6 nitrogen and oxygen atoms in total. The standard InChI is InChI=1S/C16H12BrClN2O4/c17-12-3-6-14(24-9-15(21)22)11(7-12)8-19-20-16(23)10-1-4-13(18)5-2-10/h1-8H,9H2,(H,20,23)(H,21,22)/b19-8+. The number of nitrogens with zero attached hydrogens (tertiary/aromatic N) is 1. The molecule has 2 N–H and O–H groups in total. The van der Waals surface area contributed by atoms with Gasteiger partial charge in [0.2, 0.25) is 0 Å². The van der Waals surface area contributed by atoms with Gasteiger partial charge in [0, 0.05) is 20.6 Å². The summed E-state index contributed by atoms with van der Waals surface area (Å²) in [7, 11) is 0. The zero-order valence-electron chi connectivity index (χ0n) is 12.2. The number of hydrogen-bond donors (Lipinski definition) is 2. The number of rotatable bonds is 6. The first kappa shape index (κ1) is 18.0. The molecule has 8 heteroatoms. The number of carboxylic acids is 1. The van der Waals surface area contributed by atoms with Gasteiger partial charge in [-0.05, 0) is 42.5 Å². The van der Waals surface area contributed by atoms with E-state index < -0.39 is 18.5 Å². The molecular weight excluding hydrogens is 400 g/mol. The summed E-state index contributed by atoms with van der Waals surface area (Å²) >= 11 is 9.07. The van der Waals surface area contributed by atoms with Crippen LogP contribution in [0.4, 0.5) is 0 Å². The third kappa shape index (κ3) is 5.36. The molecule has 0 aromatic heterocycles. The van der Waals surface area contributed by atoms with Crippen LogP contribution in [0.25, 0.3) is 0 Å². The second-order valence-corrected chi connectivity index (χ2v) is 5.92. The Morgan fingerprint density at radius 2 is 1.96 bits per heavy atom. The number of carboxylic acid groups (broad SMARTS) is 1. The Hall–Kier alpha value is -2.38. The largest absolute Gasteiger partial charge is 0.481 e. The predicted octanol–water partition coefficient (Wildman–Crippen LogP) is 3.33. The fraction of sp³-hybridized carbons (Fsp3) is 0.0625. The van der Waals surface area contributed by atoms with E-state index in [1.807, 2.05) is 0 Å². The summed E-state index contributed by atoms with van der Waals surface area (Å²) in [5, 5.41) is 13.1. The van der Waals surface area contributed by atoms with Gasteiger partial charge in [0.25, 0.3) is 5.91 Å². The van der Waals surface area contributed by atoms with Crippen molar-refractivity contribution in [3.8, 4) is 5.75 Å². The van der Waals surface area contributed by atoms with Crippen molar-refractivity contribution in [2.75, 3.05) is 6.61 Å². The third-order valence-electron chi connectivity index (χ3n) is 2.80. The Kier molecular flexibility index (Phi) is 6.34. The van der Waals surface area contributed by atoms with Crippen LogP contribution in [0.5, 0.6) is 5.75 Å². The first-order valence-corrected chi connectivity index (χ1v) is 7.86. The first-order chi connectivity index (χ1) is 11.5. The number of hydrogen-bond acceptors (Lipinski definition) is 4. The fourth-order valence-electron chi connectivity index (χ4n) is 1.72. The molecule has 0 unspecified atom stereocenters. The van der Waals surface area contributed by atoms with E-state index in [1.54, 1.807) is 42.5 Å². The summed E-state index contributed by atoms with van der Waals surface area (Å²) in [4.78, 5) is 22.5. The van der Waals surface area contributed by atoms with Gasteiger partial charge < -0.3 is 9.84 Å². The molecule has 24 heavy (non-hydrogen) atoms. The number of benzene rings is 2. The van der Waals surface area contributed by atoms with Crippen LogP contribution < -0.4 is 10.2 Å². The van der Waals surface area contributed by atoms with Gasteiger partial charge in [-0.3, -0.25) is 4.79 Å². The molecule has 0 spiro atoms. The van der Waals surface area contributed by atoms with Crippen molar-refractivity contribution in [3.63, 3.8) is 0 Å². The summed E-state index contributed by atoms with van der Waals surface area (Å²) in [5.41, 5.74) is 3.30. The predicted molar refractivity (Wildman–Crippen MR) is 93.8 cm³/mol. The average Bonchev–Trinajstić information content (AvgIpc) is 2.54. The molecule has 2 aromatic rings. The summed E-state index contributed by atoms with van der Waals surface area (Å²) < 4.78 is 5.93. The highest BCUT2D eigenvalue weighted by molar-refractivity contribution is 9.10. The van der Waals surface area contributed by atoms with Crippen molar-refractivity contribution in [1.82, 2.24) is 5.43 Å². The van der Waals surface area contributed by atoms with Gasteiger partial charge >= 0.3 is 5.97 Å². The third-order valence-corrected chi connectivity index (χ3v) is 3.54. The Bertz CT molecular complexity index is 778. The number of hydrazone groups is 1. The van der Waals surface area contributed by atoms with Gasteiger partial charge in [0.15, 0.2) is 6.61 Å². The van der Waals surface area contributed by atoms with Crippen molar-refractivity contribution in [1.29, 1.82) is 0 Å². The minimum absolute atomic E-state index is 0.338. The zero-order valence-corrected chi connectivity index (χ0v) is 14.5. The van der Waals surface area contributed by atoms with Gasteiger partial charge in [-0.25, -0.2) is 10.2 Å². The van der Waals surface area contributed by atoms with E-state index in [0.29, 0.717) is 21.9 Å². The van der Waals surface area contributed by atoms with Crippen molar-refractivity contribution in [2.24, 2.45) is 5.10 Å². The molecule has 0 aliphatic rings. The van der Waals surface area contributed by atoms with E-state index in [0.717, 1.165) is 4.47 Å². The van der Waals surface area contributed by atoms with Crippen molar-refractivity contribution < 1.29 is 19.4 Å². The number of amides is 1. The van der Waals surface area contributed by atoms with Crippen LogP contribution in [-0.4, -0.2) is 29.8 Å². The van der Waals surface area contributed by atoms with Crippen LogP contribution in [0, 0.1) is 0 Å². The highest BCUT2D eigenvalue weighted by atomic mass is 79.9. The highest BCUT2D eigenvalue weighted by Gasteiger charge is 2.06. The minimum atomic E-state index is -1.09. The SMILES string of the molecule is O=C(O)COc1ccc(Br)cc1/C=N/NC(=O)c1ccc(Cl)cc1. The first-order valence-electron chi connectivity index (χ1n) is 6.69. The van der Waals surface area contributed by atoms with Crippen molar-refractivity contribution in [2.45, 2.75) is 0 Å². The van der Waals surface area contributed by atoms with E-state index in [4.69, 9.17) is 21.4 Å². The second kappa shape index (κ2) is 8.47. The van der Waals surface area contributed by atoms with Crippen LogP contribution in [-0.2, 0) is 4.79 Å². The maximum Gasteiger partial charge on any atom is 0.341 e. The topological polar surface area (TPSA) is 88.0 Å². The zero-order chi connectivity index (χ0) is 17.5. The van der Waals surface area contributed by atoms with Crippen molar-refractivity contribution in [3.05, 3.63) is 63.1 Å². The van der Waals surface area contributed by atoms with Gasteiger partial charge in [-0.15, -0.1) is 0 Å². The smallest absolute Gasteiger partial charge is 0.341 e. The van der Waals surface area contributed by atoms with Gasteiger partial charge in [-0.1, -0.05) is 27.5 Å². The van der Waals surface area contributed by atoms with Crippen LogP contribution in [0.15, 0.2) is 52.0 Å². The van der Waals surface area contributed by atoms with E-state index in [9.17, 15) is 9.59 Å². The number of nitrogens with one attached hydrogen (secondary N) is 1. The summed E-state index contributed by atoms with van der Waals surface area (Å²) in [6.45, 7) is -0.473. The maximum absolute atomic E-state index is 11.9. The number of halogens is 2. The molecule has 0 heterocycles. The van der Waals surface area contributed by atoms with Gasteiger partial charge in [-0.2, -0.15) is 5.10 Å². The Balaban J connectivity index is 2.07. The van der Waals surface area contributed by atoms with E-state index in [-0.39, 0.29) is 0 Å². The van der Waals surface area contributed by atoms with Crippen LogP contribution in [0.2, 0.25) is 5.02 Å². The molecule has 0 aliphatic carbocycles. The Labute approximate surface area is 151 Å². The number of aliphatic carboxylic acids is 1. The van der Waals surface area contributed by atoms with E-state index >= 15 is 0 Å². The van der Waals surface area contributed by atoms with Gasteiger partial charge in [0.05, 0.1) is 6.21 Å². The molecule has 0 fully saturated rings. The summed E-state index contributed by atoms with van der Waals surface area (Å²) in [5.74, 6) is -1.15. The summed E-state index contributed by atoms with van der Waals surface area (Å²) in [6, 6.07) is 11.4. The molecule has 0 aliphatic heterocycles. The lowest BCUT2D eigenvalue weighted by Gasteiger charge is -2.07. The molecule has 0 saturated heterocycles. The maximum atomic E-state index is 11.9. The highest BCUT2D eigenvalue weighted by Crippen LogP contribution is 2.21. The lowest BCUT2D eigenvalue weighted by atomic mass is 10.2. The van der Waals surface area contributed by atoms with Crippen LogP contribution in [0.3, 0.4) is 0 Å². The van der Waals surface area contributed by atoms with Crippen molar-refractivity contribution >= 4 is 45.6 Å². The molecular formula is C16H12BrClN2O4. The van der Waals surface area contributed by atoms with E-state index in [2.05, 4.69) is 26.5 Å². The number of carbonyl (C=O) groups is 2. The fourth-order valence-corrected chi connectivity index (χ4v) is 2.22. The quantitative estimate of drug-likeness (QED) is 0.564. The van der Waals surface area contributed by atoms with Crippen LogP contribution >= 0.6 is 27.5 Å². The minimum Gasteiger partial charge on any atom is -0.481 e. The molecule has 0 saturated carbocycles. The molecule has 2 aromatic carbocycles. The molecule has 124 valence electrons. The normalized spacial score (nSPS) is 10.6. The Morgan fingerprint density at radius 1 is 1.25 bits per heavy atom. The monoisotopic (exact) mass is 410 g/mol. The molecule has 1 amide bonds. The molecule has 0 atom stereocenters. The second-order valence-electron chi connectivity index (χ2n) is 4.57. The summed E-state index contributed by atoms with van der Waals surface area (Å²) in [6.07, 6.45) is 1.37. The number of ether oxygens (including phenoxy) is 1. The Morgan fingerprint density at radius 3 is 2.62 bits per heavy atom. The lowest BCUT2D eigenvalue weighted by Crippen LogP contribution is -2.17. The van der Waals surface area contributed by atoms with Crippen LogP contribution in [0.1, 0.15) is 15.9 Å². The van der Waals surface area contributed by atoms with E-state index in [1.165, 1.54) is 6.21 Å². The average molecular weight is 412 g/mol. The molecule has 0 radical (unpaired) electrons. The number of carbonyl (C=O) groups excluding carboxylic acids is 1. The molecule has 2 rings (SSSR count). The van der Waals surface area contributed by atoms with Gasteiger partial charge in [0.1, 0.15) is 5.75 Å². The molecule has 0 bridgehead atoms.